The number of rotatable bonds is 3. The van der Waals surface area contributed by atoms with E-state index in [1.807, 2.05) is 30.3 Å². The number of amides is 2. The van der Waals surface area contributed by atoms with Crippen molar-refractivity contribution in [1.29, 1.82) is 0 Å². The van der Waals surface area contributed by atoms with Gasteiger partial charge in [-0.1, -0.05) is 30.3 Å². The second-order valence-electron chi connectivity index (χ2n) is 6.53. The third-order valence-electron chi connectivity index (χ3n) is 4.77. The number of carbonyl (C=O) groups excluding carboxylic acids is 1. The van der Waals surface area contributed by atoms with Crippen LogP contribution in [0.3, 0.4) is 0 Å². The molecule has 0 radical (unpaired) electrons. The van der Waals surface area contributed by atoms with Gasteiger partial charge in [0.25, 0.3) is 0 Å². The molecule has 2 heterocycles. The standard InChI is InChI=1S/C20H22N2O3/c23-20(22-18-6-5-17-12-24-8-7-15(17)9-18)21-11-19-10-14-3-1-2-4-16(14)13-25-19/h1-6,9,19H,7-8,10-13H2,(H2,21,22,23)/t19-/m0/s1. The van der Waals surface area contributed by atoms with Crippen LogP contribution in [-0.2, 0) is 35.5 Å². The Morgan fingerprint density at radius 1 is 1.04 bits per heavy atom. The van der Waals surface area contributed by atoms with Gasteiger partial charge >= 0.3 is 6.03 Å². The number of benzene rings is 2. The number of nitrogens with one attached hydrogen (secondary N) is 2. The van der Waals surface area contributed by atoms with Gasteiger partial charge in [-0.05, 0) is 40.8 Å². The summed E-state index contributed by atoms with van der Waals surface area (Å²) in [5.74, 6) is 0. The molecule has 0 aromatic heterocycles. The predicted molar refractivity (Wildman–Crippen MR) is 95.5 cm³/mol. The summed E-state index contributed by atoms with van der Waals surface area (Å²) < 4.78 is 11.3. The van der Waals surface area contributed by atoms with Crippen molar-refractivity contribution in [3.05, 3.63) is 64.7 Å². The minimum atomic E-state index is -0.200. The Balaban J connectivity index is 1.30. The minimum absolute atomic E-state index is 0.0151. The first-order valence-corrected chi connectivity index (χ1v) is 8.71. The fourth-order valence-electron chi connectivity index (χ4n) is 3.36. The monoisotopic (exact) mass is 338 g/mol. The molecule has 0 bridgehead atoms. The molecular weight excluding hydrogens is 316 g/mol. The summed E-state index contributed by atoms with van der Waals surface area (Å²) >= 11 is 0. The van der Waals surface area contributed by atoms with Crippen molar-refractivity contribution in [2.75, 3.05) is 18.5 Å². The van der Waals surface area contributed by atoms with Crippen LogP contribution < -0.4 is 10.6 Å². The van der Waals surface area contributed by atoms with Gasteiger partial charge in [0.15, 0.2) is 0 Å². The van der Waals surface area contributed by atoms with Gasteiger partial charge in [0.1, 0.15) is 0 Å². The zero-order valence-corrected chi connectivity index (χ0v) is 14.1. The fraction of sp³-hybridized carbons (Fsp3) is 0.350. The lowest BCUT2D eigenvalue weighted by molar-refractivity contribution is 0.0308. The minimum Gasteiger partial charge on any atom is -0.376 e. The Morgan fingerprint density at radius 3 is 2.80 bits per heavy atom. The summed E-state index contributed by atoms with van der Waals surface area (Å²) in [6.07, 6.45) is 1.73. The molecule has 5 heteroatoms. The van der Waals surface area contributed by atoms with Gasteiger partial charge in [-0.15, -0.1) is 0 Å². The maximum absolute atomic E-state index is 12.2. The second-order valence-corrected chi connectivity index (χ2v) is 6.53. The highest BCUT2D eigenvalue weighted by atomic mass is 16.5. The first-order chi connectivity index (χ1) is 12.3. The van der Waals surface area contributed by atoms with E-state index in [1.165, 1.54) is 22.3 Å². The summed E-state index contributed by atoms with van der Waals surface area (Å²) in [7, 11) is 0. The number of hydrogen-bond acceptors (Lipinski definition) is 3. The maximum atomic E-state index is 12.2. The molecule has 4 rings (SSSR count). The maximum Gasteiger partial charge on any atom is 0.319 e. The first kappa shape index (κ1) is 16.1. The van der Waals surface area contributed by atoms with Crippen molar-refractivity contribution < 1.29 is 14.3 Å². The average Bonchev–Trinajstić information content (AvgIpc) is 2.66. The molecule has 2 aromatic rings. The van der Waals surface area contributed by atoms with Crippen molar-refractivity contribution in [3.8, 4) is 0 Å². The third-order valence-corrected chi connectivity index (χ3v) is 4.77. The molecule has 0 unspecified atom stereocenters. The highest BCUT2D eigenvalue weighted by molar-refractivity contribution is 5.89. The van der Waals surface area contributed by atoms with Gasteiger partial charge in [0.2, 0.25) is 0 Å². The lowest BCUT2D eigenvalue weighted by atomic mass is 9.99. The number of carbonyl (C=O) groups is 1. The number of anilines is 1. The van der Waals surface area contributed by atoms with E-state index in [9.17, 15) is 4.79 Å². The summed E-state index contributed by atoms with van der Waals surface area (Å²) in [6.45, 7) is 2.50. The van der Waals surface area contributed by atoms with Crippen LogP contribution in [0.15, 0.2) is 42.5 Å². The molecule has 25 heavy (non-hydrogen) atoms. The van der Waals surface area contributed by atoms with E-state index < -0.39 is 0 Å². The van der Waals surface area contributed by atoms with Gasteiger partial charge < -0.3 is 20.1 Å². The SMILES string of the molecule is O=C(NC[C@@H]1Cc2ccccc2CO1)Nc1ccc2c(c1)CCOC2. The highest BCUT2D eigenvalue weighted by Gasteiger charge is 2.19. The zero-order valence-electron chi connectivity index (χ0n) is 14.1. The molecular formula is C20H22N2O3. The van der Waals surface area contributed by atoms with E-state index in [1.54, 1.807) is 0 Å². The summed E-state index contributed by atoms with van der Waals surface area (Å²) in [6, 6.07) is 14.1. The largest absolute Gasteiger partial charge is 0.376 e. The topological polar surface area (TPSA) is 59.6 Å². The molecule has 0 saturated heterocycles. The van der Waals surface area contributed by atoms with E-state index >= 15 is 0 Å². The average molecular weight is 338 g/mol. The molecule has 5 nitrogen and oxygen atoms in total. The quantitative estimate of drug-likeness (QED) is 0.904. The van der Waals surface area contributed by atoms with Crippen LogP contribution in [0.1, 0.15) is 22.3 Å². The fourth-order valence-corrected chi connectivity index (χ4v) is 3.36. The highest BCUT2D eigenvalue weighted by Crippen LogP contribution is 2.21. The molecule has 0 aliphatic carbocycles. The van der Waals surface area contributed by atoms with Crippen molar-refractivity contribution in [2.45, 2.75) is 32.2 Å². The normalized spacial score (nSPS) is 18.8. The van der Waals surface area contributed by atoms with E-state index in [2.05, 4.69) is 22.8 Å². The summed E-state index contributed by atoms with van der Waals surface area (Å²) in [4.78, 5) is 12.2. The van der Waals surface area contributed by atoms with E-state index in [0.29, 0.717) is 19.8 Å². The Labute approximate surface area is 147 Å². The van der Waals surface area contributed by atoms with Crippen LogP contribution in [0.5, 0.6) is 0 Å². The lowest BCUT2D eigenvalue weighted by Crippen LogP contribution is -2.38. The Hall–Kier alpha value is -2.37. The van der Waals surface area contributed by atoms with Gasteiger partial charge in [-0.25, -0.2) is 4.79 Å². The van der Waals surface area contributed by atoms with E-state index in [-0.39, 0.29) is 12.1 Å². The third kappa shape index (κ3) is 3.83. The molecule has 2 amide bonds. The Kier molecular flexibility index (Phi) is 4.68. The van der Waals surface area contributed by atoms with Crippen LogP contribution in [0, 0.1) is 0 Å². The molecule has 1 atom stereocenters. The number of fused-ring (bicyclic) bond motifs is 2. The number of hydrogen-bond donors (Lipinski definition) is 2. The molecule has 2 aliphatic heterocycles. The zero-order chi connectivity index (χ0) is 17.1. The lowest BCUT2D eigenvalue weighted by Gasteiger charge is -2.25. The van der Waals surface area contributed by atoms with Crippen LogP contribution in [0.25, 0.3) is 0 Å². The molecule has 0 saturated carbocycles. The molecule has 0 fully saturated rings. The summed E-state index contributed by atoms with van der Waals surface area (Å²) in [5.41, 5.74) is 5.80. The molecule has 2 N–H and O–H groups in total. The van der Waals surface area contributed by atoms with Gasteiger partial charge in [0, 0.05) is 18.7 Å². The van der Waals surface area contributed by atoms with Crippen LogP contribution in [0.4, 0.5) is 10.5 Å². The van der Waals surface area contributed by atoms with Crippen molar-refractivity contribution in [2.24, 2.45) is 0 Å². The number of urea groups is 1. The van der Waals surface area contributed by atoms with Crippen LogP contribution in [-0.4, -0.2) is 25.3 Å². The predicted octanol–water partition coefficient (Wildman–Crippen LogP) is 3.02. The first-order valence-electron chi connectivity index (χ1n) is 8.71. The molecule has 2 aliphatic rings. The van der Waals surface area contributed by atoms with Crippen molar-refractivity contribution in [1.82, 2.24) is 5.32 Å². The second kappa shape index (κ2) is 7.25. The molecule has 2 aromatic carbocycles. The Bertz CT molecular complexity index is 775. The molecule has 0 spiro atoms. The van der Waals surface area contributed by atoms with Crippen LogP contribution >= 0.6 is 0 Å². The van der Waals surface area contributed by atoms with Gasteiger partial charge in [-0.3, -0.25) is 0 Å². The van der Waals surface area contributed by atoms with E-state index in [4.69, 9.17) is 9.47 Å². The summed E-state index contributed by atoms with van der Waals surface area (Å²) in [5, 5.41) is 5.82. The number of ether oxygens (including phenoxy) is 2. The van der Waals surface area contributed by atoms with Crippen molar-refractivity contribution in [3.63, 3.8) is 0 Å². The smallest absolute Gasteiger partial charge is 0.319 e. The van der Waals surface area contributed by atoms with Gasteiger partial charge in [0.05, 0.1) is 25.9 Å². The Morgan fingerprint density at radius 2 is 1.88 bits per heavy atom. The van der Waals surface area contributed by atoms with E-state index in [0.717, 1.165) is 25.1 Å². The molecule has 130 valence electrons. The van der Waals surface area contributed by atoms with Crippen molar-refractivity contribution >= 4 is 11.7 Å². The van der Waals surface area contributed by atoms with Crippen LogP contribution in [0.2, 0.25) is 0 Å². The van der Waals surface area contributed by atoms with Gasteiger partial charge in [-0.2, -0.15) is 0 Å².